The monoisotopic (exact) mass is 346 g/mol. The Morgan fingerprint density at radius 2 is 2.12 bits per heavy atom. The van der Waals surface area contributed by atoms with Gasteiger partial charge in [-0.1, -0.05) is 0 Å². The number of rotatable bonds is 4. The predicted molar refractivity (Wildman–Crippen MR) is 92.1 cm³/mol. The van der Waals surface area contributed by atoms with Gasteiger partial charge < -0.3 is 9.30 Å². The van der Waals surface area contributed by atoms with Crippen molar-refractivity contribution in [3.05, 3.63) is 29.3 Å². The summed E-state index contributed by atoms with van der Waals surface area (Å²) in [6, 6.07) is 1.41. The van der Waals surface area contributed by atoms with Crippen LogP contribution in [-0.2, 0) is 9.53 Å². The van der Waals surface area contributed by atoms with E-state index in [1.807, 2.05) is 11.5 Å². The van der Waals surface area contributed by atoms with Gasteiger partial charge in [-0.25, -0.2) is 14.2 Å². The Kier molecular flexibility index (Phi) is 4.88. The van der Waals surface area contributed by atoms with E-state index in [1.165, 1.54) is 12.3 Å². The van der Waals surface area contributed by atoms with Crippen LogP contribution in [0.5, 0.6) is 0 Å². The topological polar surface area (TPSA) is 61.2 Å². The van der Waals surface area contributed by atoms with E-state index >= 15 is 0 Å². The second kappa shape index (κ2) is 6.94. The SMILES string of the molecule is CCOC(=O)c1c(C)n(C(C)C2CCC(=O)CC2)c2ncc(F)cc12. The molecule has 1 unspecified atom stereocenters. The molecule has 3 rings (SSSR count). The van der Waals surface area contributed by atoms with Gasteiger partial charge in [0, 0.05) is 30.0 Å². The number of pyridine rings is 1. The van der Waals surface area contributed by atoms with Crippen molar-refractivity contribution in [2.45, 2.75) is 52.5 Å². The lowest BCUT2D eigenvalue weighted by molar-refractivity contribution is -0.121. The van der Waals surface area contributed by atoms with Crippen molar-refractivity contribution < 1.29 is 18.7 Å². The van der Waals surface area contributed by atoms with E-state index < -0.39 is 11.8 Å². The largest absolute Gasteiger partial charge is 0.462 e. The van der Waals surface area contributed by atoms with Crippen LogP contribution >= 0.6 is 0 Å². The molecule has 0 aliphatic heterocycles. The fourth-order valence-electron chi connectivity index (χ4n) is 3.90. The summed E-state index contributed by atoms with van der Waals surface area (Å²) in [4.78, 5) is 28.2. The molecule has 1 fully saturated rings. The van der Waals surface area contributed by atoms with E-state index in [0.717, 1.165) is 18.5 Å². The Balaban J connectivity index is 2.10. The highest BCUT2D eigenvalue weighted by atomic mass is 19.1. The second-order valence-electron chi connectivity index (χ2n) is 6.69. The van der Waals surface area contributed by atoms with Crippen molar-refractivity contribution in [2.75, 3.05) is 6.61 Å². The van der Waals surface area contributed by atoms with Crippen molar-refractivity contribution in [1.29, 1.82) is 0 Å². The third kappa shape index (κ3) is 3.17. The van der Waals surface area contributed by atoms with Gasteiger partial charge in [0.2, 0.25) is 0 Å². The molecule has 1 aliphatic rings. The highest BCUT2D eigenvalue weighted by Gasteiger charge is 2.30. The Morgan fingerprint density at radius 1 is 1.44 bits per heavy atom. The maximum Gasteiger partial charge on any atom is 0.340 e. The maximum atomic E-state index is 13.7. The lowest BCUT2D eigenvalue weighted by atomic mass is 9.84. The number of fused-ring (bicyclic) bond motifs is 1. The zero-order valence-corrected chi connectivity index (χ0v) is 14.8. The molecule has 2 aromatic rings. The molecule has 6 heteroatoms. The number of ketones is 1. The van der Waals surface area contributed by atoms with Gasteiger partial charge in [0.15, 0.2) is 0 Å². The molecule has 0 amide bonds. The molecule has 2 heterocycles. The van der Waals surface area contributed by atoms with Crippen LogP contribution in [-0.4, -0.2) is 27.9 Å². The lowest BCUT2D eigenvalue weighted by Gasteiger charge is -2.29. The van der Waals surface area contributed by atoms with E-state index in [4.69, 9.17) is 4.74 Å². The standard InChI is InChI=1S/C19H23FN2O3/c1-4-25-19(24)17-12(3)22(18-16(17)9-14(20)10-21-18)11(2)13-5-7-15(23)8-6-13/h9-11,13H,4-8H2,1-3H3. The lowest BCUT2D eigenvalue weighted by Crippen LogP contribution is -2.23. The van der Waals surface area contributed by atoms with Gasteiger partial charge in [-0.15, -0.1) is 0 Å². The molecule has 2 aromatic heterocycles. The van der Waals surface area contributed by atoms with Crippen LogP contribution in [0.3, 0.4) is 0 Å². The fourth-order valence-corrected chi connectivity index (χ4v) is 3.90. The van der Waals surface area contributed by atoms with Gasteiger partial charge in [-0.3, -0.25) is 4.79 Å². The van der Waals surface area contributed by atoms with Gasteiger partial charge in [0.1, 0.15) is 17.2 Å². The molecule has 25 heavy (non-hydrogen) atoms. The molecular weight excluding hydrogens is 323 g/mol. The Labute approximate surface area is 146 Å². The molecule has 0 bridgehead atoms. The van der Waals surface area contributed by atoms with Crippen molar-refractivity contribution in [2.24, 2.45) is 5.92 Å². The summed E-state index contributed by atoms with van der Waals surface area (Å²) in [7, 11) is 0. The fraction of sp³-hybridized carbons (Fsp3) is 0.526. The van der Waals surface area contributed by atoms with Crippen LogP contribution in [0.25, 0.3) is 11.0 Å². The Morgan fingerprint density at radius 3 is 2.76 bits per heavy atom. The summed E-state index contributed by atoms with van der Waals surface area (Å²) in [6.45, 7) is 5.92. The zero-order valence-electron chi connectivity index (χ0n) is 14.8. The molecule has 0 radical (unpaired) electrons. The van der Waals surface area contributed by atoms with E-state index in [0.29, 0.717) is 41.1 Å². The molecule has 1 saturated carbocycles. The number of nitrogens with zero attached hydrogens (tertiary/aromatic N) is 2. The van der Waals surface area contributed by atoms with Crippen LogP contribution in [0, 0.1) is 18.7 Å². The summed E-state index contributed by atoms with van der Waals surface area (Å²) in [5, 5.41) is 0.481. The number of Topliss-reactive ketones (excluding diaryl/α,β-unsaturated/α-hetero) is 1. The normalized spacial score (nSPS) is 17.0. The summed E-state index contributed by atoms with van der Waals surface area (Å²) in [5.74, 6) is -0.299. The third-order valence-electron chi connectivity index (χ3n) is 5.21. The van der Waals surface area contributed by atoms with E-state index in [-0.39, 0.29) is 12.6 Å². The minimum absolute atomic E-state index is 0.0664. The van der Waals surface area contributed by atoms with E-state index in [9.17, 15) is 14.0 Å². The zero-order chi connectivity index (χ0) is 18.1. The van der Waals surface area contributed by atoms with Crippen LogP contribution in [0.1, 0.15) is 61.6 Å². The first kappa shape index (κ1) is 17.6. The summed E-state index contributed by atoms with van der Waals surface area (Å²) < 4.78 is 20.9. The van der Waals surface area contributed by atoms with Crippen molar-refractivity contribution in [1.82, 2.24) is 9.55 Å². The molecule has 1 atom stereocenters. The first-order chi connectivity index (χ1) is 11.9. The number of hydrogen-bond donors (Lipinski definition) is 0. The number of esters is 1. The van der Waals surface area contributed by atoms with Crippen molar-refractivity contribution in [3.63, 3.8) is 0 Å². The second-order valence-corrected chi connectivity index (χ2v) is 6.69. The highest BCUT2D eigenvalue weighted by molar-refractivity contribution is 6.05. The summed E-state index contributed by atoms with van der Waals surface area (Å²) in [6.07, 6.45) is 4.02. The summed E-state index contributed by atoms with van der Waals surface area (Å²) in [5.41, 5.74) is 1.70. The van der Waals surface area contributed by atoms with Crippen LogP contribution in [0.2, 0.25) is 0 Å². The average Bonchev–Trinajstić information content (AvgIpc) is 2.86. The van der Waals surface area contributed by atoms with Crippen LogP contribution in [0.15, 0.2) is 12.3 Å². The number of ether oxygens (including phenoxy) is 1. The number of aromatic nitrogens is 2. The van der Waals surface area contributed by atoms with Crippen LogP contribution < -0.4 is 0 Å². The van der Waals surface area contributed by atoms with E-state index in [2.05, 4.69) is 11.9 Å². The quantitative estimate of drug-likeness (QED) is 0.786. The van der Waals surface area contributed by atoms with Gasteiger partial charge in [0.25, 0.3) is 0 Å². The van der Waals surface area contributed by atoms with Crippen molar-refractivity contribution in [3.8, 4) is 0 Å². The first-order valence-corrected chi connectivity index (χ1v) is 8.78. The van der Waals surface area contributed by atoms with E-state index in [1.54, 1.807) is 6.92 Å². The molecular formula is C19H23FN2O3. The third-order valence-corrected chi connectivity index (χ3v) is 5.21. The molecule has 0 spiro atoms. The van der Waals surface area contributed by atoms with Gasteiger partial charge in [-0.05, 0) is 45.6 Å². The van der Waals surface area contributed by atoms with Crippen molar-refractivity contribution >= 4 is 22.8 Å². The minimum Gasteiger partial charge on any atom is -0.462 e. The molecule has 134 valence electrons. The Bertz CT molecular complexity index is 818. The van der Waals surface area contributed by atoms with Crippen LogP contribution in [0.4, 0.5) is 4.39 Å². The molecule has 0 aromatic carbocycles. The number of halogens is 1. The molecule has 0 N–H and O–H groups in total. The number of carbonyl (C=O) groups excluding carboxylic acids is 2. The minimum atomic E-state index is -0.480. The predicted octanol–water partition coefficient (Wildman–Crippen LogP) is 3.98. The van der Waals surface area contributed by atoms with Gasteiger partial charge in [0.05, 0.1) is 18.4 Å². The molecule has 1 aliphatic carbocycles. The number of hydrogen-bond acceptors (Lipinski definition) is 4. The molecule has 5 nitrogen and oxygen atoms in total. The van der Waals surface area contributed by atoms with Gasteiger partial charge >= 0.3 is 5.97 Å². The maximum absolute atomic E-state index is 13.7. The smallest absolute Gasteiger partial charge is 0.340 e. The number of carbonyl (C=O) groups is 2. The summed E-state index contributed by atoms with van der Waals surface area (Å²) >= 11 is 0. The Hall–Kier alpha value is -2.24. The first-order valence-electron chi connectivity index (χ1n) is 8.78. The molecule has 0 saturated heterocycles. The highest BCUT2D eigenvalue weighted by Crippen LogP contribution is 2.36. The average molecular weight is 346 g/mol. The van der Waals surface area contributed by atoms with Gasteiger partial charge in [-0.2, -0.15) is 0 Å².